The molecule has 8 heteroatoms. The first kappa shape index (κ1) is 16.8. The lowest BCUT2D eigenvalue weighted by atomic mass is 10.9. The minimum atomic E-state index is -2.15. The summed E-state index contributed by atoms with van der Waals surface area (Å²) in [6.07, 6.45) is 0. The van der Waals surface area contributed by atoms with E-state index in [0.717, 1.165) is 12.1 Å². The van der Waals surface area contributed by atoms with Crippen molar-refractivity contribution >= 4 is 34.2 Å². The molecule has 0 aromatic rings. The molecule has 4 nitrogen and oxygen atoms in total. The van der Waals surface area contributed by atoms with E-state index in [9.17, 15) is 0 Å². The smallest absolute Gasteiger partial charge is 0.320 e. The van der Waals surface area contributed by atoms with Gasteiger partial charge in [-0.1, -0.05) is 13.8 Å². The molecule has 1 rings (SSSR count). The summed E-state index contributed by atoms with van der Waals surface area (Å²) >= 11 is 0. The van der Waals surface area contributed by atoms with Gasteiger partial charge in [0.25, 0.3) is 0 Å². The van der Waals surface area contributed by atoms with Crippen LogP contribution in [-0.4, -0.2) is 34.2 Å². The Kier molecular flexibility index (Phi) is 4.88. The highest BCUT2D eigenvalue weighted by Crippen LogP contribution is 2.33. The van der Waals surface area contributed by atoms with Crippen molar-refractivity contribution in [1.82, 2.24) is 0 Å². The maximum atomic E-state index is 6.46. The highest BCUT2D eigenvalue weighted by atomic mass is 28.5. The third-order valence-electron chi connectivity index (χ3n) is 2.92. The summed E-state index contributed by atoms with van der Waals surface area (Å²) in [4.78, 5) is 0. The van der Waals surface area contributed by atoms with E-state index in [4.69, 9.17) is 16.5 Å². The van der Waals surface area contributed by atoms with Crippen LogP contribution in [0.5, 0.6) is 0 Å². The summed E-state index contributed by atoms with van der Waals surface area (Å²) in [6.45, 7) is 17.0. The summed E-state index contributed by atoms with van der Waals surface area (Å²) in [5.41, 5.74) is 0. The van der Waals surface area contributed by atoms with Gasteiger partial charge in [0.15, 0.2) is 0 Å². The third kappa shape index (κ3) is 4.37. The summed E-state index contributed by atoms with van der Waals surface area (Å²) < 4.78 is 25.5. The Labute approximate surface area is 116 Å². The molecule has 0 bridgehead atoms. The largest absolute Gasteiger partial charge is 0.416 e. The Morgan fingerprint density at radius 1 is 0.556 bits per heavy atom. The van der Waals surface area contributed by atoms with E-state index in [0.29, 0.717) is 0 Å². The van der Waals surface area contributed by atoms with Gasteiger partial charge in [-0.05, 0) is 51.4 Å². The van der Waals surface area contributed by atoms with Crippen LogP contribution in [0.2, 0.25) is 51.4 Å². The monoisotopic (exact) mass is 324 g/mol. The standard InChI is InChI=1S/C10H28O4Si4/c1-9-18(10-2)13-16(5,6)11-15(3,4)12-17(7,8)14-18/h9-10H2,1-8H3. The van der Waals surface area contributed by atoms with Gasteiger partial charge in [0.05, 0.1) is 0 Å². The highest BCUT2D eigenvalue weighted by Gasteiger charge is 2.52. The Morgan fingerprint density at radius 3 is 1.11 bits per heavy atom. The second-order valence-electron chi connectivity index (χ2n) is 6.23. The van der Waals surface area contributed by atoms with Gasteiger partial charge in [0.2, 0.25) is 0 Å². The summed E-state index contributed by atoms with van der Waals surface area (Å²) in [5, 5.41) is 0. The fourth-order valence-electron chi connectivity index (χ4n) is 2.70. The van der Waals surface area contributed by atoms with Crippen molar-refractivity contribution in [2.24, 2.45) is 0 Å². The van der Waals surface area contributed by atoms with Crippen LogP contribution in [0.4, 0.5) is 0 Å². The van der Waals surface area contributed by atoms with Crippen LogP contribution in [0.25, 0.3) is 0 Å². The SMILES string of the molecule is CC[Si]1(CC)O[Si](C)(C)O[Si](C)(C)O[Si](C)(C)O1. The molecular formula is C10H28O4Si4. The van der Waals surface area contributed by atoms with Gasteiger partial charge < -0.3 is 16.5 Å². The van der Waals surface area contributed by atoms with Crippen molar-refractivity contribution in [2.45, 2.75) is 65.2 Å². The van der Waals surface area contributed by atoms with E-state index < -0.39 is 34.2 Å². The van der Waals surface area contributed by atoms with Crippen molar-refractivity contribution in [1.29, 1.82) is 0 Å². The van der Waals surface area contributed by atoms with Gasteiger partial charge in [-0.3, -0.25) is 0 Å². The van der Waals surface area contributed by atoms with Crippen LogP contribution in [-0.2, 0) is 16.5 Å². The summed E-state index contributed by atoms with van der Waals surface area (Å²) in [5.74, 6) is 0. The number of rotatable bonds is 2. The van der Waals surface area contributed by atoms with Crippen molar-refractivity contribution in [3.05, 3.63) is 0 Å². The molecule has 108 valence electrons. The molecule has 1 heterocycles. The Hall–Kier alpha value is 0.708. The second-order valence-corrected chi connectivity index (χ2v) is 21.1. The molecule has 0 radical (unpaired) electrons. The molecular weight excluding hydrogens is 296 g/mol. The zero-order valence-electron chi connectivity index (χ0n) is 13.0. The predicted octanol–water partition coefficient (Wildman–Crippen LogP) is 3.65. The molecule has 0 amide bonds. The van der Waals surface area contributed by atoms with E-state index in [1.807, 2.05) is 0 Å². The van der Waals surface area contributed by atoms with Crippen molar-refractivity contribution in [3.63, 3.8) is 0 Å². The fourth-order valence-corrected chi connectivity index (χ4v) is 24.3. The topological polar surface area (TPSA) is 36.9 Å². The van der Waals surface area contributed by atoms with Crippen LogP contribution in [0.1, 0.15) is 13.8 Å². The van der Waals surface area contributed by atoms with Crippen LogP contribution in [0.15, 0.2) is 0 Å². The Balaban J connectivity index is 3.09. The maximum Gasteiger partial charge on any atom is 0.320 e. The van der Waals surface area contributed by atoms with E-state index in [2.05, 4.69) is 53.1 Å². The zero-order valence-corrected chi connectivity index (χ0v) is 17.0. The van der Waals surface area contributed by atoms with Crippen LogP contribution >= 0.6 is 0 Å². The molecule has 0 unspecified atom stereocenters. The van der Waals surface area contributed by atoms with Gasteiger partial charge in [-0.15, -0.1) is 0 Å². The van der Waals surface area contributed by atoms with Gasteiger partial charge in [-0.2, -0.15) is 0 Å². The lowest BCUT2D eigenvalue weighted by molar-refractivity contribution is 0.231. The first-order chi connectivity index (χ1) is 7.95. The van der Waals surface area contributed by atoms with Gasteiger partial charge in [0.1, 0.15) is 0 Å². The Bertz CT molecular complexity index is 278. The predicted molar refractivity (Wildman–Crippen MR) is 83.5 cm³/mol. The van der Waals surface area contributed by atoms with Gasteiger partial charge >= 0.3 is 34.2 Å². The third-order valence-corrected chi connectivity index (χ3v) is 19.9. The molecule has 0 aromatic carbocycles. The van der Waals surface area contributed by atoms with Crippen LogP contribution < -0.4 is 0 Å². The van der Waals surface area contributed by atoms with Crippen LogP contribution in [0, 0.1) is 0 Å². The Morgan fingerprint density at radius 2 is 0.833 bits per heavy atom. The van der Waals surface area contributed by atoms with Crippen LogP contribution in [0.3, 0.4) is 0 Å². The normalized spacial score (nSPS) is 29.3. The average Bonchev–Trinajstić information content (AvgIpc) is 2.10. The minimum absolute atomic E-state index is 0.963. The zero-order chi connectivity index (χ0) is 14.2. The number of hydrogen-bond donors (Lipinski definition) is 0. The highest BCUT2D eigenvalue weighted by molar-refractivity contribution is 6.93. The molecule has 18 heavy (non-hydrogen) atoms. The molecule has 1 aliphatic rings. The second kappa shape index (κ2) is 5.24. The molecule has 1 fully saturated rings. The molecule has 0 spiro atoms. The maximum absolute atomic E-state index is 6.46. The molecule has 0 atom stereocenters. The molecule has 0 N–H and O–H groups in total. The molecule has 1 aliphatic heterocycles. The van der Waals surface area contributed by atoms with E-state index >= 15 is 0 Å². The van der Waals surface area contributed by atoms with E-state index in [-0.39, 0.29) is 0 Å². The fraction of sp³-hybridized carbons (Fsp3) is 1.00. The molecule has 0 aliphatic carbocycles. The first-order valence-corrected chi connectivity index (χ1v) is 17.4. The summed E-state index contributed by atoms with van der Waals surface area (Å²) in [7, 11) is -8.59. The van der Waals surface area contributed by atoms with E-state index in [1.54, 1.807) is 0 Å². The average molecular weight is 325 g/mol. The van der Waals surface area contributed by atoms with Crippen molar-refractivity contribution in [3.8, 4) is 0 Å². The lowest BCUT2D eigenvalue weighted by Gasteiger charge is -2.48. The van der Waals surface area contributed by atoms with Crippen molar-refractivity contribution in [2.75, 3.05) is 0 Å². The van der Waals surface area contributed by atoms with Gasteiger partial charge in [0, 0.05) is 0 Å². The lowest BCUT2D eigenvalue weighted by Crippen LogP contribution is -2.65. The summed E-state index contributed by atoms with van der Waals surface area (Å²) in [6, 6.07) is 1.93. The van der Waals surface area contributed by atoms with Crippen molar-refractivity contribution < 1.29 is 16.5 Å². The quantitative estimate of drug-likeness (QED) is 0.727. The van der Waals surface area contributed by atoms with E-state index in [1.165, 1.54) is 0 Å². The number of hydrogen-bond acceptors (Lipinski definition) is 4. The molecule has 0 aromatic heterocycles. The molecule has 0 saturated carbocycles. The first-order valence-electron chi connectivity index (χ1n) is 6.75. The molecule has 1 saturated heterocycles. The minimum Gasteiger partial charge on any atom is -0.416 e. The van der Waals surface area contributed by atoms with Gasteiger partial charge in [-0.25, -0.2) is 0 Å².